The summed E-state index contributed by atoms with van der Waals surface area (Å²) in [5.74, 6) is 1.10. The van der Waals surface area contributed by atoms with Crippen molar-refractivity contribution in [3.63, 3.8) is 0 Å². The first-order valence-electron chi connectivity index (χ1n) is 9.16. The number of nitrogens with one attached hydrogen (secondary N) is 3. The number of hydrogen-bond donors (Lipinski definition) is 2. The first-order valence-corrected chi connectivity index (χ1v) is 9.16. The summed E-state index contributed by atoms with van der Waals surface area (Å²) < 4.78 is 5.08. The zero-order chi connectivity index (χ0) is 20.1. The molecular weight excluding hydrogens is 362 g/mol. The van der Waals surface area contributed by atoms with Gasteiger partial charge in [-0.05, 0) is 18.6 Å². The molecule has 28 heavy (non-hydrogen) atoms. The molecule has 0 radical (unpaired) electrons. The molecule has 2 aromatic rings. The Bertz CT molecular complexity index is 851. The van der Waals surface area contributed by atoms with Crippen LogP contribution in [0, 0.1) is 17.0 Å². The van der Waals surface area contributed by atoms with Crippen LogP contribution in [-0.2, 0) is 4.79 Å². The van der Waals surface area contributed by atoms with Gasteiger partial charge in [-0.1, -0.05) is 6.07 Å². The number of H-pyrrole nitrogens is 1. The molecule has 0 unspecified atom stereocenters. The molecule has 0 spiro atoms. The summed E-state index contributed by atoms with van der Waals surface area (Å²) in [5, 5.41) is 13.9. The van der Waals surface area contributed by atoms with Gasteiger partial charge in [-0.15, -0.1) is 0 Å². The predicted molar refractivity (Wildman–Crippen MR) is 104 cm³/mol. The van der Waals surface area contributed by atoms with E-state index in [4.69, 9.17) is 4.74 Å². The molecule has 148 valence electrons. The number of quaternary nitrogens is 1. The number of hydrogen-bond acceptors (Lipinski definition) is 5. The number of ether oxygens (including phenoxy) is 1. The number of anilines is 2. The number of piperazine rings is 1. The minimum absolute atomic E-state index is 0.113. The molecule has 0 aliphatic carbocycles. The number of nitro benzene ring substituents is 1. The zero-order valence-electron chi connectivity index (χ0n) is 16.0. The Labute approximate surface area is 163 Å². The number of nitro groups is 1. The molecule has 1 aromatic carbocycles. The molecule has 1 aliphatic heterocycles. The van der Waals surface area contributed by atoms with Crippen LogP contribution in [0.4, 0.5) is 17.2 Å². The van der Waals surface area contributed by atoms with E-state index in [9.17, 15) is 14.9 Å². The number of carbonyl (C=O) groups excluding carboxylic acids is 1. The third kappa shape index (κ3) is 4.55. The lowest BCUT2D eigenvalue weighted by Gasteiger charge is -2.27. The molecule has 9 nitrogen and oxygen atoms in total. The quantitative estimate of drug-likeness (QED) is 0.539. The fraction of sp³-hybridized carbons (Fsp3) is 0.368. The molecule has 1 saturated heterocycles. The molecule has 1 aliphatic rings. The van der Waals surface area contributed by atoms with Crippen molar-refractivity contribution in [2.45, 2.75) is 6.92 Å². The second-order valence-electron chi connectivity index (χ2n) is 6.81. The van der Waals surface area contributed by atoms with Crippen molar-refractivity contribution >= 4 is 23.1 Å². The van der Waals surface area contributed by atoms with E-state index in [-0.39, 0.29) is 17.3 Å². The molecule has 0 saturated carbocycles. The van der Waals surface area contributed by atoms with Crippen LogP contribution >= 0.6 is 0 Å². The largest absolute Gasteiger partial charge is 0.490 e. The maximum Gasteiger partial charge on any atom is 0.311 e. The molecule has 3 N–H and O–H groups in total. The van der Waals surface area contributed by atoms with Crippen LogP contribution in [0.15, 0.2) is 36.5 Å². The van der Waals surface area contributed by atoms with Crippen molar-refractivity contribution in [3.05, 3.63) is 52.2 Å². The fourth-order valence-corrected chi connectivity index (χ4v) is 3.36. The SMILES string of the molecule is COc1cc(NC(=O)C[NH+]2CCN(c3cccc[nH+]3)CC2)c(C)cc1[N+](=O)[O-]. The molecule has 3 rings (SSSR count). The number of aryl methyl sites for hydroxylation is 1. The summed E-state index contributed by atoms with van der Waals surface area (Å²) in [7, 11) is 1.37. The summed E-state index contributed by atoms with van der Waals surface area (Å²) in [6.07, 6.45) is 1.91. The lowest BCUT2D eigenvalue weighted by molar-refractivity contribution is -0.892. The van der Waals surface area contributed by atoms with Crippen molar-refractivity contribution in [1.29, 1.82) is 0 Å². The maximum absolute atomic E-state index is 12.5. The van der Waals surface area contributed by atoms with Crippen molar-refractivity contribution in [2.24, 2.45) is 0 Å². The van der Waals surface area contributed by atoms with E-state index in [1.54, 1.807) is 6.92 Å². The van der Waals surface area contributed by atoms with Crippen LogP contribution in [0.1, 0.15) is 5.56 Å². The number of rotatable bonds is 6. The van der Waals surface area contributed by atoms with Gasteiger partial charge in [-0.2, -0.15) is 0 Å². The normalized spacial score (nSPS) is 14.6. The summed E-state index contributed by atoms with van der Waals surface area (Å²) in [6, 6.07) is 8.91. The van der Waals surface area contributed by atoms with E-state index in [0.29, 0.717) is 17.8 Å². The van der Waals surface area contributed by atoms with Crippen LogP contribution in [0.3, 0.4) is 0 Å². The summed E-state index contributed by atoms with van der Waals surface area (Å²) >= 11 is 0. The topological polar surface area (TPSA) is 103 Å². The summed E-state index contributed by atoms with van der Waals surface area (Å²) in [4.78, 5) is 29.8. The summed E-state index contributed by atoms with van der Waals surface area (Å²) in [5.41, 5.74) is 1.04. The number of methoxy groups -OCH3 is 1. The monoisotopic (exact) mass is 387 g/mol. The van der Waals surface area contributed by atoms with Gasteiger partial charge in [0.2, 0.25) is 0 Å². The molecule has 2 heterocycles. The van der Waals surface area contributed by atoms with Gasteiger partial charge < -0.3 is 15.0 Å². The third-order valence-corrected chi connectivity index (χ3v) is 4.91. The Morgan fingerprint density at radius 2 is 2.11 bits per heavy atom. The molecule has 9 heteroatoms. The van der Waals surface area contributed by atoms with Gasteiger partial charge in [0, 0.05) is 23.9 Å². The molecular formula is C19H25N5O4+2. The van der Waals surface area contributed by atoms with Gasteiger partial charge in [0.15, 0.2) is 12.3 Å². The maximum atomic E-state index is 12.5. The van der Waals surface area contributed by atoms with Crippen LogP contribution in [0.25, 0.3) is 0 Å². The molecule has 1 fully saturated rings. The van der Waals surface area contributed by atoms with E-state index < -0.39 is 4.92 Å². The Kier molecular flexibility index (Phi) is 6.05. The van der Waals surface area contributed by atoms with Crippen molar-refractivity contribution in [1.82, 2.24) is 0 Å². The minimum atomic E-state index is -0.495. The Balaban J connectivity index is 1.57. The van der Waals surface area contributed by atoms with E-state index in [1.165, 1.54) is 24.1 Å². The predicted octanol–water partition coefficient (Wildman–Crippen LogP) is 0.0695. The third-order valence-electron chi connectivity index (χ3n) is 4.91. The van der Waals surface area contributed by atoms with Crippen LogP contribution in [0.2, 0.25) is 0 Å². The van der Waals surface area contributed by atoms with E-state index in [1.807, 2.05) is 24.4 Å². The van der Waals surface area contributed by atoms with E-state index >= 15 is 0 Å². The van der Waals surface area contributed by atoms with Crippen LogP contribution < -0.4 is 24.8 Å². The highest BCUT2D eigenvalue weighted by Gasteiger charge is 2.27. The van der Waals surface area contributed by atoms with Gasteiger partial charge in [-0.25, -0.2) is 4.98 Å². The second kappa shape index (κ2) is 8.66. The number of carbonyl (C=O) groups is 1. The number of pyridine rings is 1. The van der Waals surface area contributed by atoms with Gasteiger partial charge in [0.1, 0.15) is 26.2 Å². The van der Waals surface area contributed by atoms with Crippen LogP contribution in [0.5, 0.6) is 5.75 Å². The number of aromatic amines is 1. The van der Waals surface area contributed by atoms with Gasteiger partial charge in [0.05, 0.1) is 18.2 Å². The van der Waals surface area contributed by atoms with E-state index in [2.05, 4.69) is 15.2 Å². The fourth-order valence-electron chi connectivity index (χ4n) is 3.36. The van der Waals surface area contributed by atoms with Gasteiger partial charge >= 0.3 is 5.69 Å². The Morgan fingerprint density at radius 3 is 2.71 bits per heavy atom. The van der Waals surface area contributed by atoms with Gasteiger partial charge in [-0.3, -0.25) is 19.8 Å². The smallest absolute Gasteiger partial charge is 0.311 e. The number of aromatic nitrogens is 1. The molecule has 1 aromatic heterocycles. The molecule has 0 atom stereocenters. The molecule has 0 bridgehead atoms. The van der Waals surface area contributed by atoms with Gasteiger partial charge in [0.25, 0.3) is 11.7 Å². The Morgan fingerprint density at radius 1 is 1.36 bits per heavy atom. The number of amides is 1. The average molecular weight is 387 g/mol. The Hall–Kier alpha value is -3.20. The summed E-state index contributed by atoms with van der Waals surface area (Å²) in [6.45, 7) is 5.54. The highest BCUT2D eigenvalue weighted by atomic mass is 16.6. The first-order chi connectivity index (χ1) is 13.5. The van der Waals surface area contributed by atoms with Crippen molar-refractivity contribution in [3.8, 4) is 5.75 Å². The second-order valence-corrected chi connectivity index (χ2v) is 6.81. The van der Waals surface area contributed by atoms with Crippen molar-refractivity contribution < 1.29 is 24.3 Å². The highest BCUT2D eigenvalue weighted by molar-refractivity contribution is 5.92. The number of nitrogens with zero attached hydrogens (tertiary/aromatic N) is 2. The number of benzene rings is 1. The van der Waals surface area contributed by atoms with Crippen LogP contribution in [-0.4, -0.2) is 50.7 Å². The molecule has 1 amide bonds. The lowest BCUT2D eigenvalue weighted by Crippen LogP contribution is -3.15. The zero-order valence-corrected chi connectivity index (χ0v) is 16.0. The minimum Gasteiger partial charge on any atom is -0.490 e. The lowest BCUT2D eigenvalue weighted by atomic mass is 10.1. The first kappa shape index (κ1) is 19.6. The highest BCUT2D eigenvalue weighted by Crippen LogP contribution is 2.32. The van der Waals surface area contributed by atoms with Crippen molar-refractivity contribution in [2.75, 3.05) is 50.1 Å². The standard InChI is InChI=1S/C19H23N5O4/c1-14-11-16(24(26)27)17(28-2)12-15(14)21-19(25)13-22-7-9-23(10-8-22)18-5-3-4-6-20-18/h3-6,11-12H,7-10,13H2,1-2H3,(H,21,25)/p+2. The average Bonchev–Trinajstić information content (AvgIpc) is 2.70. The van der Waals surface area contributed by atoms with E-state index in [0.717, 1.165) is 32.0 Å².